The van der Waals surface area contributed by atoms with Crippen molar-refractivity contribution in [1.29, 1.82) is 0 Å². The number of aromatic nitrogens is 4. The first kappa shape index (κ1) is 19.0. The molecule has 0 bridgehead atoms. The molecule has 29 heavy (non-hydrogen) atoms. The largest absolute Gasteiger partial charge is 0.497 e. The third kappa shape index (κ3) is 4.10. The van der Waals surface area contributed by atoms with Crippen LogP contribution in [0.5, 0.6) is 5.75 Å². The molecule has 2 aromatic heterocycles. The molecule has 0 spiro atoms. The van der Waals surface area contributed by atoms with Gasteiger partial charge in [-0.2, -0.15) is 10.1 Å². The smallest absolute Gasteiger partial charge is 0.345 e. The van der Waals surface area contributed by atoms with Gasteiger partial charge in [-0.25, -0.2) is 4.68 Å². The minimum Gasteiger partial charge on any atom is -0.497 e. The number of hydrogen-bond donors (Lipinski definition) is 0. The van der Waals surface area contributed by atoms with Crippen molar-refractivity contribution in [2.45, 2.75) is 6.92 Å². The highest BCUT2D eigenvalue weighted by Gasteiger charge is 2.13. The number of nitrogens with zero attached hydrogens (tertiary/aromatic N) is 5. The molecule has 0 amide bonds. The monoisotopic (exact) mass is 427 g/mol. The van der Waals surface area contributed by atoms with Crippen molar-refractivity contribution in [3.8, 4) is 22.9 Å². The molecule has 2 heterocycles. The molecule has 146 valence electrons. The summed E-state index contributed by atoms with van der Waals surface area (Å²) in [6.07, 6.45) is 0. The highest BCUT2D eigenvalue weighted by Crippen LogP contribution is 2.23. The van der Waals surface area contributed by atoms with E-state index in [4.69, 9.17) is 20.8 Å². The van der Waals surface area contributed by atoms with Crippen LogP contribution in [0.15, 0.2) is 57.9 Å². The van der Waals surface area contributed by atoms with E-state index in [2.05, 4.69) is 20.3 Å². The fourth-order valence-electron chi connectivity index (χ4n) is 2.44. The Morgan fingerprint density at radius 2 is 1.86 bits per heavy atom. The summed E-state index contributed by atoms with van der Waals surface area (Å²) in [4.78, 5) is 16.6. The number of carbonyl (C=O) groups excluding carboxylic acids is 1. The van der Waals surface area contributed by atoms with Crippen LogP contribution in [-0.4, -0.2) is 32.9 Å². The van der Waals surface area contributed by atoms with Gasteiger partial charge in [0.15, 0.2) is 10.8 Å². The highest BCUT2D eigenvalue weighted by molar-refractivity contribution is 7.11. The van der Waals surface area contributed by atoms with Crippen LogP contribution < -0.4 is 9.54 Å². The minimum absolute atomic E-state index is 0.0518. The predicted octanol–water partition coefficient (Wildman–Crippen LogP) is 4.08. The summed E-state index contributed by atoms with van der Waals surface area (Å²) in [5.41, 5.74) is 1.44. The summed E-state index contributed by atoms with van der Waals surface area (Å²) in [6, 6.07) is 14.3. The molecule has 0 fully saturated rings. The Bertz CT molecular complexity index is 1230. The maximum absolute atomic E-state index is 11.8. The number of Topliss-reactive ketones (excluding diaryl/α,β-unsaturated/α-hetero) is 1. The van der Waals surface area contributed by atoms with Gasteiger partial charge in [-0.05, 0) is 48.5 Å². The first-order valence-electron chi connectivity index (χ1n) is 8.43. The Labute approximate surface area is 174 Å². The Hall–Kier alpha value is -3.30. The number of ketones is 1. The zero-order valence-electron chi connectivity index (χ0n) is 15.4. The van der Waals surface area contributed by atoms with Crippen molar-refractivity contribution >= 4 is 34.7 Å². The van der Waals surface area contributed by atoms with Gasteiger partial charge in [0.25, 0.3) is 0 Å². The van der Waals surface area contributed by atoms with E-state index in [-0.39, 0.29) is 11.8 Å². The summed E-state index contributed by atoms with van der Waals surface area (Å²) < 4.78 is 12.4. The Kier molecular flexibility index (Phi) is 5.24. The molecule has 0 aliphatic rings. The van der Waals surface area contributed by atoms with Gasteiger partial charge in [0.1, 0.15) is 5.75 Å². The molecule has 0 aliphatic heterocycles. The van der Waals surface area contributed by atoms with Crippen molar-refractivity contribution in [1.82, 2.24) is 20.0 Å². The van der Waals surface area contributed by atoms with Gasteiger partial charge < -0.3 is 9.15 Å². The highest BCUT2D eigenvalue weighted by atomic mass is 35.5. The Balaban J connectivity index is 1.76. The predicted molar refractivity (Wildman–Crippen MR) is 108 cm³/mol. The third-order valence-corrected chi connectivity index (χ3v) is 5.14. The molecule has 0 saturated carbocycles. The minimum atomic E-state index is -0.161. The van der Waals surface area contributed by atoms with Crippen molar-refractivity contribution in [2.24, 2.45) is 4.99 Å². The molecule has 2 aromatic carbocycles. The zero-order valence-corrected chi connectivity index (χ0v) is 16.9. The van der Waals surface area contributed by atoms with Crippen LogP contribution in [0.25, 0.3) is 17.1 Å². The van der Waals surface area contributed by atoms with E-state index in [1.807, 2.05) is 12.1 Å². The van der Waals surface area contributed by atoms with Crippen LogP contribution in [0.1, 0.15) is 16.7 Å². The van der Waals surface area contributed by atoms with Gasteiger partial charge in [-0.1, -0.05) is 28.0 Å². The quantitative estimate of drug-likeness (QED) is 0.445. The lowest BCUT2D eigenvalue weighted by atomic mass is 10.2. The molecule has 0 saturated heterocycles. The summed E-state index contributed by atoms with van der Waals surface area (Å²) >= 11 is 7.04. The van der Waals surface area contributed by atoms with E-state index in [9.17, 15) is 4.79 Å². The average molecular weight is 428 g/mol. The molecule has 0 radical (unpaired) electrons. The number of ether oxygens (including phenoxy) is 1. The summed E-state index contributed by atoms with van der Waals surface area (Å²) in [5.74, 6) is 0.859. The molecule has 0 aliphatic carbocycles. The van der Waals surface area contributed by atoms with Crippen LogP contribution in [0.3, 0.4) is 0 Å². The molecule has 10 heteroatoms. The van der Waals surface area contributed by atoms with Crippen LogP contribution in [0, 0.1) is 0 Å². The molecule has 8 nitrogen and oxygen atoms in total. The third-order valence-electron chi connectivity index (χ3n) is 3.87. The second kappa shape index (κ2) is 7.98. The summed E-state index contributed by atoms with van der Waals surface area (Å²) in [5, 5.41) is 13.3. The van der Waals surface area contributed by atoms with Crippen molar-refractivity contribution < 1.29 is 13.9 Å². The van der Waals surface area contributed by atoms with Crippen LogP contribution >= 0.6 is 22.9 Å². The van der Waals surface area contributed by atoms with E-state index >= 15 is 0 Å². The van der Waals surface area contributed by atoms with E-state index in [0.29, 0.717) is 32.2 Å². The summed E-state index contributed by atoms with van der Waals surface area (Å²) in [6.45, 7) is 1.45. The van der Waals surface area contributed by atoms with Crippen molar-refractivity contribution in [3.05, 3.63) is 63.4 Å². The van der Waals surface area contributed by atoms with Gasteiger partial charge in [-0.15, -0.1) is 5.10 Å². The van der Waals surface area contributed by atoms with Gasteiger partial charge in [0.05, 0.1) is 12.8 Å². The lowest BCUT2D eigenvalue weighted by Crippen LogP contribution is -2.14. The summed E-state index contributed by atoms with van der Waals surface area (Å²) in [7, 11) is 1.59. The van der Waals surface area contributed by atoms with E-state index < -0.39 is 0 Å². The van der Waals surface area contributed by atoms with Crippen molar-refractivity contribution in [2.75, 3.05) is 7.11 Å². The number of rotatable bonds is 5. The van der Waals surface area contributed by atoms with Crippen molar-refractivity contribution in [3.63, 3.8) is 0 Å². The second-order valence-corrected chi connectivity index (χ2v) is 7.26. The first-order valence-corrected chi connectivity index (χ1v) is 9.62. The first-order chi connectivity index (χ1) is 14.0. The molecule has 0 unspecified atom stereocenters. The van der Waals surface area contributed by atoms with Gasteiger partial charge in [0.2, 0.25) is 10.7 Å². The number of hydrogen-bond acceptors (Lipinski definition) is 8. The van der Waals surface area contributed by atoms with Crippen LogP contribution in [0.2, 0.25) is 5.02 Å². The number of carbonyl (C=O) groups is 1. The lowest BCUT2D eigenvalue weighted by Gasteiger charge is -2.02. The fourth-order valence-corrected chi connectivity index (χ4v) is 3.36. The number of methoxy groups -OCH3 is 1. The SMILES string of the molecule is COc1ccc(-n2nc(C(C)=O)sc2=Nc2nnc(-c3ccc(Cl)cc3)o2)cc1. The Morgan fingerprint density at radius 1 is 1.14 bits per heavy atom. The zero-order chi connectivity index (χ0) is 20.4. The standard InChI is InChI=1S/C19H14ClN5O3S/c1-11(26)17-24-25(14-7-9-15(27-2)10-8-14)19(29-17)21-18-23-22-16(28-18)12-3-5-13(20)6-4-12/h3-10H,1-2H3. The normalized spacial score (nSPS) is 11.6. The topological polar surface area (TPSA) is 95.4 Å². The van der Waals surface area contributed by atoms with Crippen LogP contribution in [-0.2, 0) is 0 Å². The van der Waals surface area contributed by atoms with Crippen LogP contribution in [0.4, 0.5) is 6.01 Å². The van der Waals surface area contributed by atoms with E-state index in [1.165, 1.54) is 6.92 Å². The second-order valence-electron chi connectivity index (χ2n) is 5.86. The molecule has 0 atom stereocenters. The number of halogens is 1. The molecule has 4 aromatic rings. The molecular weight excluding hydrogens is 414 g/mol. The Morgan fingerprint density at radius 3 is 2.52 bits per heavy atom. The fraction of sp³-hybridized carbons (Fsp3) is 0.105. The van der Waals surface area contributed by atoms with E-state index in [1.54, 1.807) is 48.2 Å². The maximum Gasteiger partial charge on any atom is 0.345 e. The molecular formula is C19H14ClN5O3S. The van der Waals surface area contributed by atoms with Gasteiger partial charge in [-0.3, -0.25) is 4.79 Å². The maximum atomic E-state index is 11.8. The lowest BCUT2D eigenvalue weighted by molar-refractivity contribution is 0.101. The molecule has 4 rings (SSSR count). The van der Waals surface area contributed by atoms with E-state index in [0.717, 1.165) is 16.9 Å². The average Bonchev–Trinajstić information content (AvgIpc) is 3.36. The van der Waals surface area contributed by atoms with Gasteiger partial charge in [0, 0.05) is 17.5 Å². The molecule has 0 N–H and O–H groups in total. The van der Waals surface area contributed by atoms with Gasteiger partial charge >= 0.3 is 6.01 Å². The number of benzene rings is 2.